The van der Waals surface area contributed by atoms with E-state index in [2.05, 4.69) is 10.4 Å². The van der Waals surface area contributed by atoms with E-state index in [4.69, 9.17) is 16.3 Å². The molecule has 22 heavy (non-hydrogen) atoms. The van der Waals surface area contributed by atoms with E-state index >= 15 is 0 Å². The summed E-state index contributed by atoms with van der Waals surface area (Å²) in [5, 5.41) is 6.88. The molecule has 8 heteroatoms. The molecule has 118 valence electrons. The van der Waals surface area contributed by atoms with Crippen LogP contribution in [-0.2, 0) is 11.3 Å². The minimum absolute atomic E-state index is 0.185. The number of hydrogen-bond donors (Lipinski definition) is 1. The number of ether oxygens (including phenoxy) is 1. The molecule has 0 fully saturated rings. The van der Waals surface area contributed by atoms with Gasteiger partial charge >= 0.3 is 0 Å². The maximum Gasteiger partial charge on any atom is 0.272 e. The average Bonchev–Trinajstić information content (AvgIpc) is 2.93. The van der Waals surface area contributed by atoms with Gasteiger partial charge in [0.05, 0.1) is 23.5 Å². The Morgan fingerprint density at radius 1 is 1.45 bits per heavy atom. The lowest BCUT2D eigenvalue weighted by Crippen LogP contribution is -2.31. The van der Waals surface area contributed by atoms with Gasteiger partial charge in [-0.2, -0.15) is 5.10 Å². The number of carbonyl (C=O) groups excluding carboxylic acids is 1. The molecule has 0 aliphatic carbocycles. The van der Waals surface area contributed by atoms with Crippen LogP contribution in [0, 0.1) is 0 Å². The summed E-state index contributed by atoms with van der Waals surface area (Å²) in [5.41, 5.74) is -0.0862. The van der Waals surface area contributed by atoms with Gasteiger partial charge in [-0.25, -0.2) is 4.68 Å². The zero-order valence-electron chi connectivity index (χ0n) is 12.2. The highest BCUT2D eigenvalue weighted by atomic mass is 35.5. The molecule has 0 bridgehead atoms. The van der Waals surface area contributed by atoms with Crippen molar-refractivity contribution in [1.82, 2.24) is 15.1 Å². The predicted molar refractivity (Wildman–Crippen MR) is 85.6 cm³/mol. The van der Waals surface area contributed by atoms with Crippen LogP contribution in [0.2, 0.25) is 4.34 Å². The summed E-state index contributed by atoms with van der Waals surface area (Å²) in [6.45, 7) is 2.51. The number of carbonyl (C=O) groups is 1. The number of amides is 1. The Morgan fingerprint density at radius 2 is 2.23 bits per heavy atom. The third-order valence-corrected chi connectivity index (χ3v) is 4.39. The van der Waals surface area contributed by atoms with Gasteiger partial charge in [-0.3, -0.25) is 9.59 Å². The van der Waals surface area contributed by atoms with E-state index in [1.54, 1.807) is 6.07 Å². The second-order valence-corrected chi connectivity index (χ2v) is 6.36. The summed E-state index contributed by atoms with van der Waals surface area (Å²) in [4.78, 5) is 24.8. The molecule has 0 saturated heterocycles. The molecule has 0 radical (unpaired) electrons. The van der Waals surface area contributed by atoms with Crippen molar-refractivity contribution in [3.8, 4) is 0 Å². The van der Waals surface area contributed by atoms with Gasteiger partial charge in [-0.1, -0.05) is 11.6 Å². The van der Waals surface area contributed by atoms with Crippen LogP contribution in [0.4, 0.5) is 0 Å². The van der Waals surface area contributed by atoms with Crippen molar-refractivity contribution < 1.29 is 9.53 Å². The molecular formula is C14H16ClN3O3S. The Labute approximate surface area is 136 Å². The smallest absolute Gasteiger partial charge is 0.272 e. The highest BCUT2D eigenvalue weighted by molar-refractivity contribution is 7.16. The van der Waals surface area contributed by atoms with E-state index in [9.17, 15) is 9.59 Å². The molecule has 0 saturated carbocycles. The van der Waals surface area contributed by atoms with Gasteiger partial charge < -0.3 is 10.1 Å². The van der Waals surface area contributed by atoms with E-state index in [-0.39, 0.29) is 23.2 Å². The molecule has 1 N–H and O–H groups in total. The number of nitrogens with one attached hydrogen (secondary N) is 1. The number of aromatic nitrogens is 2. The van der Waals surface area contributed by atoms with Crippen LogP contribution in [0.15, 0.2) is 29.1 Å². The quantitative estimate of drug-likeness (QED) is 0.873. The van der Waals surface area contributed by atoms with Crippen molar-refractivity contribution in [3.63, 3.8) is 0 Å². The van der Waals surface area contributed by atoms with Gasteiger partial charge in [0, 0.05) is 18.1 Å². The molecule has 0 aliphatic heterocycles. The van der Waals surface area contributed by atoms with E-state index in [1.807, 2.05) is 13.0 Å². The Bertz CT molecular complexity index is 713. The number of thiophene rings is 1. The summed E-state index contributed by atoms with van der Waals surface area (Å²) in [7, 11) is 1.54. The van der Waals surface area contributed by atoms with Gasteiger partial charge in [0.2, 0.25) is 0 Å². The molecule has 0 aromatic carbocycles. The Balaban J connectivity index is 2.10. The van der Waals surface area contributed by atoms with Crippen molar-refractivity contribution in [2.75, 3.05) is 13.7 Å². The summed E-state index contributed by atoms with van der Waals surface area (Å²) in [6, 6.07) is 6.20. The van der Waals surface area contributed by atoms with Crippen LogP contribution in [0.25, 0.3) is 0 Å². The zero-order chi connectivity index (χ0) is 16.1. The number of methoxy groups -OCH3 is 1. The van der Waals surface area contributed by atoms with Crippen LogP contribution in [0.3, 0.4) is 0 Å². The third-order valence-electron chi connectivity index (χ3n) is 2.97. The number of halogens is 1. The van der Waals surface area contributed by atoms with E-state index in [0.717, 1.165) is 4.88 Å². The maximum absolute atomic E-state index is 12.2. The van der Waals surface area contributed by atoms with E-state index in [0.29, 0.717) is 17.5 Å². The fraction of sp³-hybridized carbons (Fsp3) is 0.357. The van der Waals surface area contributed by atoms with Crippen LogP contribution in [0.5, 0.6) is 0 Å². The molecule has 2 heterocycles. The first-order chi connectivity index (χ1) is 10.5. The normalized spacial score (nSPS) is 12.1. The largest absolute Gasteiger partial charge is 0.383 e. The second-order valence-electron chi connectivity index (χ2n) is 4.61. The van der Waals surface area contributed by atoms with Crippen LogP contribution in [-0.4, -0.2) is 29.4 Å². The summed E-state index contributed by atoms with van der Waals surface area (Å²) < 4.78 is 6.80. The molecule has 0 spiro atoms. The molecule has 0 aliphatic rings. The molecule has 0 unspecified atom stereocenters. The summed E-state index contributed by atoms with van der Waals surface area (Å²) in [6.07, 6.45) is 0. The molecule has 1 atom stereocenters. The first-order valence-corrected chi connectivity index (χ1v) is 7.84. The fourth-order valence-corrected chi connectivity index (χ4v) is 2.87. The lowest BCUT2D eigenvalue weighted by molar-refractivity contribution is 0.0931. The van der Waals surface area contributed by atoms with Crippen molar-refractivity contribution in [1.29, 1.82) is 0 Å². The van der Waals surface area contributed by atoms with Crippen LogP contribution < -0.4 is 10.9 Å². The van der Waals surface area contributed by atoms with Gasteiger partial charge in [-0.05, 0) is 25.1 Å². The predicted octanol–water partition coefficient (Wildman–Crippen LogP) is 2.10. The van der Waals surface area contributed by atoms with Crippen LogP contribution in [0.1, 0.15) is 28.3 Å². The molecule has 2 rings (SSSR count). The Morgan fingerprint density at radius 3 is 2.86 bits per heavy atom. The van der Waals surface area contributed by atoms with Crippen molar-refractivity contribution in [3.05, 3.63) is 49.5 Å². The highest BCUT2D eigenvalue weighted by Gasteiger charge is 2.15. The van der Waals surface area contributed by atoms with E-state index in [1.165, 1.54) is 35.3 Å². The number of rotatable bonds is 6. The molecule has 2 aromatic heterocycles. The van der Waals surface area contributed by atoms with E-state index < -0.39 is 0 Å². The molecular weight excluding hydrogens is 326 g/mol. The topological polar surface area (TPSA) is 73.2 Å². The molecule has 6 nitrogen and oxygen atoms in total. The minimum atomic E-state index is -0.344. The van der Waals surface area contributed by atoms with Gasteiger partial charge in [0.15, 0.2) is 0 Å². The lowest BCUT2D eigenvalue weighted by atomic mass is 10.2. The van der Waals surface area contributed by atoms with Gasteiger partial charge in [-0.15, -0.1) is 11.3 Å². The first-order valence-electron chi connectivity index (χ1n) is 6.64. The summed E-state index contributed by atoms with van der Waals surface area (Å²) in [5.74, 6) is -0.344. The molecule has 1 amide bonds. The van der Waals surface area contributed by atoms with Gasteiger partial charge in [0.1, 0.15) is 5.69 Å². The molecule has 2 aromatic rings. The van der Waals surface area contributed by atoms with Gasteiger partial charge in [0.25, 0.3) is 11.5 Å². The number of hydrogen-bond acceptors (Lipinski definition) is 5. The SMILES string of the molecule is COCCn1nc(C(=O)N[C@@H](C)c2ccc(Cl)s2)ccc1=O. The highest BCUT2D eigenvalue weighted by Crippen LogP contribution is 2.26. The third kappa shape index (κ3) is 4.16. The standard InChI is InChI=1S/C14H16ClN3O3S/c1-9(11-4-5-12(15)22-11)16-14(20)10-3-6-13(19)18(17-10)7-8-21-2/h3-6,9H,7-8H2,1-2H3,(H,16,20)/t9-/m0/s1. The zero-order valence-corrected chi connectivity index (χ0v) is 13.8. The van der Waals surface area contributed by atoms with Crippen molar-refractivity contribution in [2.45, 2.75) is 19.5 Å². The first kappa shape index (κ1) is 16.7. The van der Waals surface area contributed by atoms with Crippen molar-refractivity contribution >= 4 is 28.8 Å². The number of nitrogens with zero attached hydrogens (tertiary/aromatic N) is 2. The van der Waals surface area contributed by atoms with Crippen molar-refractivity contribution in [2.24, 2.45) is 0 Å². The Kier molecular flexibility index (Phi) is 5.70. The maximum atomic E-state index is 12.2. The Hall–Kier alpha value is -1.70. The average molecular weight is 342 g/mol. The fourth-order valence-electron chi connectivity index (χ4n) is 1.81. The monoisotopic (exact) mass is 341 g/mol. The van der Waals surface area contributed by atoms with Crippen LogP contribution >= 0.6 is 22.9 Å². The minimum Gasteiger partial charge on any atom is -0.383 e. The summed E-state index contributed by atoms with van der Waals surface area (Å²) >= 11 is 7.30. The lowest BCUT2D eigenvalue weighted by Gasteiger charge is -2.12. The second kappa shape index (κ2) is 7.53.